The van der Waals surface area contributed by atoms with Crippen LogP contribution in [0.3, 0.4) is 0 Å². The van der Waals surface area contributed by atoms with Crippen LogP contribution in [-0.4, -0.2) is 17.7 Å². The van der Waals surface area contributed by atoms with Gasteiger partial charge in [0.25, 0.3) is 5.69 Å². The standard InChI is InChI=1S/C30H28N2O5/c1-3-9-25-16-23(19-31-37-20-22-10-7-14-27(17-22)32(33)34)18-29(35-4-2)30(25)36-21-26-13-8-12-24-11-5-6-15-28(24)26/h3,5-8,10-19H,1,4,9,20-21H2,2H3/b31-19-. The maximum atomic E-state index is 11.0. The molecular weight excluding hydrogens is 468 g/mol. The summed E-state index contributed by atoms with van der Waals surface area (Å²) in [5, 5.41) is 17.3. The highest BCUT2D eigenvalue weighted by molar-refractivity contribution is 5.85. The predicted octanol–water partition coefficient (Wildman–Crippen LogP) is 7.00. The van der Waals surface area contributed by atoms with Crippen LogP contribution in [0.5, 0.6) is 11.5 Å². The largest absolute Gasteiger partial charge is 0.490 e. The van der Waals surface area contributed by atoms with Crippen molar-refractivity contribution in [1.82, 2.24) is 0 Å². The molecule has 0 amide bonds. The molecule has 0 spiro atoms. The molecule has 0 unspecified atom stereocenters. The van der Waals surface area contributed by atoms with Crippen molar-refractivity contribution in [2.24, 2.45) is 5.16 Å². The zero-order chi connectivity index (χ0) is 26.0. The molecular formula is C30H28N2O5. The van der Waals surface area contributed by atoms with Crippen molar-refractivity contribution in [2.45, 2.75) is 26.6 Å². The molecule has 4 aromatic carbocycles. The lowest BCUT2D eigenvalue weighted by atomic mass is 10.0. The van der Waals surface area contributed by atoms with Crippen molar-refractivity contribution in [3.8, 4) is 11.5 Å². The van der Waals surface area contributed by atoms with Crippen LogP contribution in [0.4, 0.5) is 5.69 Å². The monoisotopic (exact) mass is 496 g/mol. The summed E-state index contributed by atoms with van der Waals surface area (Å²) in [5.74, 6) is 1.28. The summed E-state index contributed by atoms with van der Waals surface area (Å²) in [6, 6.07) is 24.5. The number of ether oxygens (including phenoxy) is 2. The van der Waals surface area contributed by atoms with Gasteiger partial charge in [-0.05, 0) is 47.4 Å². The molecule has 7 nitrogen and oxygen atoms in total. The van der Waals surface area contributed by atoms with E-state index in [9.17, 15) is 10.1 Å². The molecule has 37 heavy (non-hydrogen) atoms. The fourth-order valence-corrected chi connectivity index (χ4v) is 4.03. The number of oxime groups is 1. The van der Waals surface area contributed by atoms with E-state index in [0.29, 0.717) is 36.7 Å². The Morgan fingerprint density at radius 3 is 2.57 bits per heavy atom. The Morgan fingerprint density at radius 1 is 0.946 bits per heavy atom. The lowest BCUT2D eigenvalue weighted by Gasteiger charge is -2.17. The van der Waals surface area contributed by atoms with Gasteiger partial charge in [0.2, 0.25) is 0 Å². The van der Waals surface area contributed by atoms with Gasteiger partial charge in [-0.15, -0.1) is 6.58 Å². The zero-order valence-electron chi connectivity index (χ0n) is 20.6. The first-order chi connectivity index (χ1) is 18.1. The third-order valence-corrected chi connectivity index (χ3v) is 5.70. The number of hydrogen-bond acceptors (Lipinski definition) is 6. The van der Waals surface area contributed by atoms with Gasteiger partial charge in [0.15, 0.2) is 11.5 Å². The van der Waals surface area contributed by atoms with E-state index in [1.54, 1.807) is 18.3 Å². The molecule has 0 aliphatic heterocycles. The minimum Gasteiger partial charge on any atom is -0.490 e. The van der Waals surface area contributed by atoms with E-state index in [4.69, 9.17) is 14.3 Å². The Labute approximate surface area is 215 Å². The fraction of sp³-hybridized carbons (Fsp3) is 0.167. The third kappa shape index (κ3) is 6.52. The van der Waals surface area contributed by atoms with Gasteiger partial charge in [-0.3, -0.25) is 10.1 Å². The number of hydrogen-bond donors (Lipinski definition) is 0. The molecule has 0 saturated carbocycles. The van der Waals surface area contributed by atoms with Crippen LogP contribution >= 0.6 is 0 Å². The highest BCUT2D eigenvalue weighted by Gasteiger charge is 2.14. The third-order valence-electron chi connectivity index (χ3n) is 5.70. The SMILES string of the molecule is C=CCc1cc(/C=N\OCc2cccc([N+](=O)[O-])c2)cc(OCC)c1OCc1cccc2ccccc12. The first-order valence-corrected chi connectivity index (χ1v) is 12.0. The lowest BCUT2D eigenvalue weighted by Crippen LogP contribution is -2.04. The Hall–Kier alpha value is -4.65. The number of nitrogens with zero attached hydrogens (tertiary/aromatic N) is 2. The molecule has 0 fully saturated rings. The summed E-state index contributed by atoms with van der Waals surface area (Å²) in [6.45, 7) is 6.79. The van der Waals surface area contributed by atoms with Gasteiger partial charge in [-0.2, -0.15) is 0 Å². The van der Waals surface area contributed by atoms with Crippen LogP contribution in [-0.2, 0) is 24.5 Å². The topological polar surface area (TPSA) is 83.2 Å². The number of rotatable bonds is 12. The number of non-ortho nitro benzene ring substituents is 1. The van der Waals surface area contributed by atoms with Crippen LogP contribution in [0.15, 0.2) is 96.7 Å². The summed E-state index contributed by atoms with van der Waals surface area (Å²) in [4.78, 5) is 15.9. The van der Waals surface area contributed by atoms with Crippen LogP contribution in [0.1, 0.15) is 29.2 Å². The molecule has 0 N–H and O–H groups in total. The molecule has 0 radical (unpaired) electrons. The van der Waals surface area contributed by atoms with Gasteiger partial charge in [-0.1, -0.05) is 65.8 Å². The van der Waals surface area contributed by atoms with Crippen molar-refractivity contribution in [2.75, 3.05) is 6.61 Å². The molecule has 0 aliphatic rings. The van der Waals surface area contributed by atoms with Crippen LogP contribution in [0.25, 0.3) is 10.8 Å². The van der Waals surface area contributed by atoms with Crippen molar-refractivity contribution in [3.63, 3.8) is 0 Å². The molecule has 0 aromatic heterocycles. The van der Waals surface area contributed by atoms with Gasteiger partial charge in [0, 0.05) is 23.3 Å². The predicted molar refractivity (Wildman–Crippen MR) is 145 cm³/mol. The van der Waals surface area contributed by atoms with Crippen LogP contribution < -0.4 is 9.47 Å². The van der Waals surface area contributed by atoms with E-state index < -0.39 is 4.92 Å². The molecule has 7 heteroatoms. The van der Waals surface area contributed by atoms with Crippen molar-refractivity contribution >= 4 is 22.7 Å². The van der Waals surface area contributed by atoms with E-state index in [0.717, 1.165) is 27.5 Å². The first-order valence-electron chi connectivity index (χ1n) is 12.0. The number of fused-ring (bicyclic) bond motifs is 1. The van der Waals surface area contributed by atoms with E-state index in [2.05, 4.69) is 36.0 Å². The normalized spacial score (nSPS) is 10.9. The molecule has 0 heterocycles. The second kappa shape index (κ2) is 12.4. The second-order valence-corrected chi connectivity index (χ2v) is 8.30. The Balaban J connectivity index is 1.53. The smallest absolute Gasteiger partial charge is 0.269 e. The molecule has 0 bridgehead atoms. The van der Waals surface area contributed by atoms with E-state index in [1.165, 1.54) is 12.1 Å². The molecule has 4 aromatic rings. The minimum atomic E-state index is -0.437. The van der Waals surface area contributed by atoms with Gasteiger partial charge < -0.3 is 14.3 Å². The van der Waals surface area contributed by atoms with E-state index in [1.807, 2.05) is 43.3 Å². The number of nitro benzene ring substituents is 1. The molecule has 4 rings (SSSR count). The maximum Gasteiger partial charge on any atom is 0.269 e. The zero-order valence-corrected chi connectivity index (χ0v) is 20.6. The summed E-state index contributed by atoms with van der Waals surface area (Å²) >= 11 is 0. The molecule has 188 valence electrons. The van der Waals surface area contributed by atoms with Gasteiger partial charge in [-0.25, -0.2) is 0 Å². The average Bonchev–Trinajstić information content (AvgIpc) is 2.91. The molecule has 0 atom stereocenters. The molecule has 0 aliphatic carbocycles. The summed E-state index contributed by atoms with van der Waals surface area (Å²) < 4.78 is 12.3. The van der Waals surface area contributed by atoms with Gasteiger partial charge in [0.1, 0.15) is 13.2 Å². The minimum absolute atomic E-state index is 0.0135. The van der Waals surface area contributed by atoms with Gasteiger partial charge in [0.05, 0.1) is 17.7 Å². The average molecular weight is 497 g/mol. The Kier molecular flexibility index (Phi) is 8.49. The summed E-state index contributed by atoms with van der Waals surface area (Å²) in [6.07, 6.45) is 3.98. The summed E-state index contributed by atoms with van der Waals surface area (Å²) in [5.41, 5.74) is 3.45. The Bertz CT molecular complexity index is 1430. The van der Waals surface area contributed by atoms with Crippen LogP contribution in [0.2, 0.25) is 0 Å². The second-order valence-electron chi connectivity index (χ2n) is 8.30. The summed E-state index contributed by atoms with van der Waals surface area (Å²) in [7, 11) is 0. The van der Waals surface area contributed by atoms with Crippen LogP contribution in [0, 0.1) is 10.1 Å². The molecule has 0 saturated heterocycles. The van der Waals surface area contributed by atoms with E-state index in [-0.39, 0.29) is 12.3 Å². The van der Waals surface area contributed by atoms with E-state index >= 15 is 0 Å². The van der Waals surface area contributed by atoms with Gasteiger partial charge >= 0.3 is 0 Å². The highest BCUT2D eigenvalue weighted by atomic mass is 16.6. The maximum absolute atomic E-state index is 11.0. The highest BCUT2D eigenvalue weighted by Crippen LogP contribution is 2.35. The number of nitro groups is 1. The number of benzene rings is 4. The van der Waals surface area contributed by atoms with Crippen molar-refractivity contribution in [3.05, 3.63) is 124 Å². The fourth-order valence-electron chi connectivity index (χ4n) is 4.03. The Morgan fingerprint density at radius 2 is 1.76 bits per heavy atom. The lowest BCUT2D eigenvalue weighted by molar-refractivity contribution is -0.384. The quantitative estimate of drug-likeness (QED) is 0.0912. The number of allylic oxidation sites excluding steroid dienone is 1. The van der Waals surface area contributed by atoms with Crippen molar-refractivity contribution in [1.29, 1.82) is 0 Å². The van der Waals surface area contributed by atoms with Crippen molar-refractivity contribution < 1.29 is 19.2 Å². The first kappa shape index (κ1) is 25.4.